The third kappa shape index (κ3) is 3.13. The third-order valence-electron chi connectivity index (χ3n) is 3.38. The van der Waals surface area contributed by atoms with E-state index < -0.39 is 0 Å². The zero-order chi connectivity index (χ0) is 14.5. The van der Waals surface area contributed by atoms with Gasteiger partial charge in [0.05, 0.1) is 17.9 Å². The zero-order valence-electron chi connectivity index (χ0n) is 12.1. The Balaban J connectivity index is 1.92. The van der Waals surface area contributed by atoms with Crippen LogP contribution in [0.15, 0.2) is 36.8 Å². The Bertz CT molecular complexity index is 589. The molecule has 1 N–H and O–H groups in total. The molecule has 0 amide bonds. The molecule has 0 aliphatic carbocycles. The molecule has 1 atom stereocenters. The van der Waals surface area contributed by atoms with Gasteiger partial charge in [-0.3, -0.25) is 9.97 Å². The van der Waals surface area contributed by atoms with E-state index in [0.29, 0.717) is 13.2 Å². The van der Waals surface area contributed by atoms with Crippen LogP contribution in [0.25, 0.3) is 0 Å². The highest BCUT2D eigenvalue weighted by Crippen LogP contribution is 2.33. The lowest BCUT2D eigenvalue weighted by atomic mass is 10.0. The minimum Gasteiger partial charge on any atom is -0.486 e. The van der Waals surface area contributed by atoms with Crippen LogP contribution in [0.1, 0.15) is 30.6 Å². The van der Waals surface area contributed by atoms with E-state index in [4.69, 9.17) is 9.47 Å². The van der Waals surface area contributed by atoms with Gasteiger partial charge >= 0.3 is 0 Å². The van der Waals surface area contributed by atoms with Crippen LogP contribution in [0.5, 0.6) is 11.5 Å². The molecule has 3 rings (SSSR count). The van der Waals surface area contributed by atoms with Gasteiger partial charge in [0.15, 0.2) is 11.5 Å². The van der Waals surface area contributed by atoms with Gasteiger partial charge < -0.3 is 14.8 Å². The Morgan fingerprint density at radius 2 is 2.05 bits per heavy atom. The van der Waals surface area contributed by atoms with E-state index in [1.807, 2.05) is 12.1 Å². The van der Waals surface area contributed by atoms with E-state index in [0.717, 1.165) is 35.7 Å². The lowest BCUT2D eigenvalue weighted by Gasteiger charge is -2.22. The monoisotopic (exact) mass is 285 g/mol. The van der Waals surface area contributed by atoms with Crippen LogP contribution in [-0.2, 0) is 0 Å². The van der Waals surface area contributed by atoms with Crippen molar-refractivity contribution in [3.63, 3.8) is 0 Å². The first-order chi connectivity index (χ1) is 10.4. The molecule has 21 heavy (non-hydrogen) atoms. The molecule has 1 aromatic heterocycles. The number of hydrogen-bond acceptors (Lipinski definition) is 5. The summed E-state index contributed by atoms with van der Waals surface area (Å²) in [6, 6.07) is 6.04. The van der Waals surface area contributed by atoms with Crippen molar-refractivity contribution in [3.8, 4) is 11.5 Å². The van der Waals surface area contributed by atoms with Gasteiger partial charge in [0.2, 0.25) is 0 Å². The highest BCUT2D eigenvalue weighted by Gasteiger charge is 2.19. The van der Waals surface area contributed by atoms with Gasteiger partial charge in [-0.2, -0.15) is 0 Å². The molecule has 5 heteroatoms. The summed E-state index contributed by atoms with van der Waals surface area (Å²) in [5, 5.41) is 3.51. The summed E-state index contributed by atoms with van der Waals surface area (Å²) in [7, 11) is 0. The van der Waals surface area contributed by atoms with Gasteiger partial charge in [0.25, 0.3) is 0 Å². The fourth-order valence-corrected chi connectivity index (χ4v) is 2.38. The van der Waals surface area contributed by atoms with Crippen molar-refractivity contribution in [2.45, 2.75) is 19.4 Å². The largest absolute Gasteiger partial charge is 0.486 e. The summed E-state index contributed by atoms with van der Waals surface area (Å²) in [5.41, 5.74) is 2.01. The normalized spacial score (nSPS) is 14.7. The molecule has 1 aliphatic rings. The lowest BCUT2D eigenvalue weighted by Crippen LogP contribution is -2.24. The number of benzene rings is 1. The molecule has 1 aromatic carbocycles. The molecular formula is C16H19N3O2. The molecule has 110 valence electrons. The topological polar surface area (TPSA) is 56.3 Å². The zero-order valence-corrected chi connectivity index (χ0v) is 12.1. The number of aromatic nitrogens is 2. The van der Waals surface area contributed by atoms with E-state index in [1.54, 1.807) is 18.6 Å². The molecule has 0 fully saturated rings. The van der Waals surface area contributed by atoms with Crippen molar-refractivity contribution in [3.05, 3.63) is 48.0 Å². The Morgan fingerprint density at radius 1 is 1.19 bits per heavy atom. The van der Waals surface area contributed by atoms with Gasteiger partial charge in [-0.1, -0.05) is 13.0 Å². The fourth-order valence-electron chi connectivity index (χ4n) is 2.38. The molecule has 0 radical (unpaired) electrons. The molecule has 2 heterocycles. The minimum absolute atomic E-state index is 0.00877. The fraction of sp³-hybridized carbons (Fsp3) is 0.375. The molecule has 0 bridgehead atoms. The summed E-state index contributed by atoms with van der Waals surface area (Å²) in [6.07, 6.45) is 6.25. The van der Waals surface area contributed by atoms with E-state index in [9.17, 15) is 0 Å². The summed E-state index contributed by atoms with van der Waals surface area (Å²) < 4.78 is 11.2. The van der Waals surface area contributed by atoms with Crippen LogP contribution in [0, 0.1) is 0 Å². The highest BCUT2D eigenvalue weighted by atomic mass is 16.6. The van der Waals surface area contributed by atoms with E-state index in [-0.39, 0.29) is 6.04 Å². The Labute approximate surface area is 124 Å². The quantitative estimate of drug-likeness (QED) is 0.913. The van der Waals surface area contributed by atoms with Crippen LogP contribution in [-0.4, -0.2) is 29.7 Å². The lowest BCUT2D eigenvalue weighted by molar-refractivity contribution is 0.171. The number of nitrogens with zero attached hydrogens (tertiary/aromatic N) is 2. The average molecular weight is 285 g/mol. The summed E-state index contributed by atoms with van der Waals surface area (Å²) in [5.74, 6) is 1.60. The van der Waals surface area contributed by atoms with E-state index in [2.05, 4.69) is 28.3 Å². The smallest absolute Gasteiger partial charge is 0.161 e. The molecule has 0 saturated heterocycles. The van der Waals surface area contributed by atoms with Gasteiger partial charge in [-0.15, -0.1) is 0 Å². The van der Waals surface area contributed by atoms with Crippen LogP contribution in [0.2, 0.25) is 0 Å². The van der Waals surface area contributed by atoms with Gasteiger partial charge in [0.1, 0.15) is 13.2 Å². The molecule has 2 aromatic rings. The predicted molar refractivity (Wildman–Crippen MR) is 79.6 cm³/mol. The maximum absolute atomic E-state index is 5.67. The summed E-state index contributed by atoms with van der Waals surface area (Å²) in [6.45, 7) is 4.25. The van der Waals surface area contributed by atoms with Crippen LogP contribution < -0.4 is 14.8 Å². The number of rotatable bonds is 5. The minimum atomic E-state index is 0.00877. The second-order valence-electron chi connectivity index (χ2n) is 4.92. The van der Waals surface area contributed by atoms with Crippen molar-refractivity contribution < 1.29 is 9.47 Å². The van der Waals surface area contributed by atoms with Crippen LogP contribution in [0.4, 0.5) is 0 Å². The van der Waals surface area contributed by atoms with Crippen molar-refractivity contribution in [1.82, 2.24) is 15.3 Å². The maximum atomic E-state index is 5.67. The number of hydrogen-bond donors (Lipinski definition) is 1. The van der Waals surface area contributed by atoms with Gasteiger partial charge in [0, 0.05) is 12.4 Å². The van der Waals surface area contributed by atoms with Crippen molar-refractivity contribution >= 4 is 0 Å². The van der Waals surface area contributed by atoms with Crippen LogP contribution in [0.3, 0.4) is 0 Å². The second-order valence-corrected chi connectivity index (χ2v) is 4.92. The molecule has 1 aliphatic heterocycles. The second kappa shape index (κ2) is 6.54. The first-order valence-electron chi connectivity index (χ1n) is 7.27. The summed E-state index contributed by atoms with van der Waals surface area (Å²) in [4.78, 5) is 8.59. The predicted octanol–water partition coefficient (Wildman–Crippen LogP) is 2.34. The molecule has 1 unspecified atom stereocenters. The molecule has 5 nitrogen and oxygen atoms in total. The number of ether oxygens (including phenoxy) is 2. The van der Waals surface area contributed by atoms with Crippen LogP contribution >= 0.6 is 0 Å². The highest BCUT2D eigenvalue weighted by molar-refractivity contribution is 5.45. The van der Waals surface area contributed by atoms with Crippen molar-refractivity contribution in [2.24, 2.45) is 0 Å². The van der Waals surface area contributed by atoms with E-state index in [1.165, 1.54) is 0 Å². The Kier molecular flexibility index (Phi) is 4.31. The van der Waals surface area contributed by atoms with Gasteiger partial charge in [-0.25, -0.2) is 0 Å². The van der Waals surface area contributed by atoms with Crippen molar-refractivity contribution in [1.29, 1.82) is 0 Å². The average Bonchev–Trinajstić information content (AvgIpc) is 2.56. The first kappa shape index (κ1) is 13.8. The summed E-state index contributed by atoms with van der Waals surface area (Å²) >= 11 is 0. The SMILES string of the molecule is CCCNC(c1ccc2c(c1)OCCO2)c1cnccn1. The molecular weight excluding hydrogens is 266 g/mol. The van der Waals surface area contributed by atoms with Gasteiger partial charge in [-0.05, 0) is 30.7 Å². The third-order valence-corrected chi connectivity index (χ3v) is 3.38. The Morgan fingerprint density at radius 3 is 2.81 bits per heavy atom. The van der Waals surface area contributed by atoms with E-state index >= 15 is 0 Å². The maximum Gasteiger partial charge on any atom is 0.161 e. The van der Waals surface area contributed by atoms with Crippen molar-refractivity contribution in [2.75, 3.05) is 19.8 Å². The first-order valence-corrected chi connectivity index (χ1v) is 7.27. The molecule has 0 saturated carbocycles. The molecule has 0 spiro atoms. The number of nitrogens with one attached hydrogen (secondary N) is 1. The Hall–Kier alpha value is -2.14. The number of fused-ring (bicyclic) bond motifs is 1. The standard InChI is InChI=1S/C16H19N3O2/c1-2-5-19-16(13-11-17-6-7-18-13)12-3-4-14-15(10-12)21-9-8-20-14/h3-4,6-7,10-11,16,19H,2,5,8-9H2,1H3.